The van der Waals surface area contributed by atoms with Crippen LogP contribution in [0.3, 0.4) is 0 Å². The molecule has 0 atom stereocenters. The van der Waals surface area contributed by atoms with E-state index < -0.39 is 0 Å². The van der Waals surface area contributed by atoms with Crippen LogP contribution in [-0.2, 0) is 0 Å². The first-order valence-corrected chi connectivity index (χ1v) is 3.99. The SMILES string of the molecule is C[N]c1ccc2ccccc2c1. The van der Waals surface area contributed by atoms with Crippen LogP contribution < -0.4 is 5.32 Å². The molecule has 0 aliphatic carbocycles. The first-order valence-electron chi connectivity index (χ1n) is 3.99. The maximum atomic E-state index is 4.12. The third-order valence-corrected chi connectivity index (χ3v) is 1.99. The summed E-state index contributed by atoms with van der Waals surface area (Å²) < 4.78 is 0. The molecule has 2 aromatic carbocycles. The van der Waals surface area contributed by atoms with Crippen LogP contribution in [0.1, 0.15) is 0 Å². The van der Waals surface area contributed by atoms with E-state index >= 15 is 0 Å². The van der Waals surface area contributed by atoms with Crippen molar-refractivity contribution >= 4 is 16.5 Å². The Hall–Kier alpha value is -1.50. The lowest BCUT2D eigenvalue weighted by Crippen LogP contribution is -1.84. The highest BCUT2D eigenvalue weighted by Crippen LogP contribution is 2.17. The summed E-state index contributed by atoms with van der Waals surface area (Å²) in [6, 6.07) is 14.5. The van der Waals surface area contributed by atoms with Crippen molar-refractivity contribution in [3.63, 3.8) is 0 Å². The van der Waals surface area contributed by atoms with Gasteiger partial charge < -0.3 is 0 Å². The largest absolute Gasteiger partial charge is 0.289 e. The second-order valence-corrected chi connectivity index (χ2v) is 2.76. The molecule has 1 heteroatoms. The molecule has 12 heavy (non-hydrogen) atoms. The van der Waals surface area contributed by atoms with Crippen molar-refractivity contribution in [1.29, 1.82) is 0 Å². The van der Waals surface area contributed by atoms with E-state index in [1.54, 1.807) is 0 Å². The van der Waals surface area contributed by atoms with Gasteiger partial charge in [0.25, 0.3) is 0 Å². The summed E-state index contributed by atoms with van der Waals surface area (Å²) in [5.74, 6) is 0. The van der Waals surface area contributed by atoms with E-state index in [0.717, 1.165) is 5.69 Å². The van der Waals surface area contributed by atoms with Gasteiger partial charge in [0.1, 0.15) is 0 Å². The molecule has 0 fully saturated rings. The van der Waals surface area contributed by atoms with Crippen LogP contribution in [0.15, 0.2) is 42.5 Å². The monoisotopic (exact) mass is 156 g/mol. The summed E-state index contributed by atoms with van der Waals surface area (Å²) >= 11 is 0. The lowest BCUT2D eigenvalue weighted by atomic mass is 10.1. The number of benzene rings is 2. The summed E-state index contributed by atoms with van der Waals surface area (Å²) in [5.41, 5.74) is 1.04. The molecule has 2 rings (SSSR count). The molecule has 0 bridgehead atoms. The van der Waals surface area contributed by atoms with Gasteiger partial charge in [-0.15, -0.1) is 0 Å². The van der Waals surface area contributed by atoms with Gasteiger partial charge >= 0.3 is 0 Å². The summed E-state index contributed by atoms with van der Waals surface area (Å²) in [5, 5.41) is 6.64. The molecule has 0 saturated heterocycles. The molecule has 1 nitrogen and oxygen atoms in total. The highest BCUT2D eigenvalue weighted by molar-refractivity contribution is 5.84. The molecule has 0 heterocycles. The average Bonchev–Trinajstić information content (AvgIpc) is 2.17. The second-order valence-electron chi connectivity index (χ2n) is 2.76. The first-order chi connectivity index (χ1) is 5.90. The predicted octanol–water partition coefficient (Wildman–Crippen LogP) is 2.71. The van der Waals surface area contributed by atoms with Crippen molar-refractivity contribution in [3.8, 4) is 0 Å². The van der Waals surface area contributed by atoms with Crippen molar-refractivity contribution in [2.24, 2.45) is 0 Å². The third-order valence-electron chi connectivity index (χ3n) is 1.99. The molecule has 1 radical (unpaired) electrons. The van der Waals surface area contributed by atoms with Crippen LogP contribution in [0, 0.1) is 0 Å². The van der Waals surface area contributed by atoms with E-state index in [9.17, 15) is 0 Å². The molecule has 0 aliphatic rings. The third kappa shape index (κ3) is 1.14. The smallest absolute Gasteiger partial charge is 0.0577 e. The van der Waals surface area contributed by atoms with Crippen LogP contribution in [0.4, 0.5) is 5.69 Å². The lowest BCUT2D eigenvalue weighted by Gasteiger charge is -1.99. The number of rotatable bonds is 1. The fraction of sp³-hybridized carbons (Fsp3) is 0.0909. The Morgan fingerprint density at radius 2 is 1.67 bits per heavy atom. The number of hydrogen-bond donors (Lipinski definition) is 0. The van der Waals surface area contributed by atoms with Crippen molar-refractivity contribution < 1.29 is 0 Å². The van der Waals surface area contributed by atoms with Gasteiger partial charge in [-0.05, 0) is 22.9 Å². The summed E-state index contributed by atoms with van der Waals surface area (Å²) in [6.45, 7) is 0. The standard InChI is InChI=1S/C11H10N/c1-12-11-7-6-9-4-2-3-5-10(9)8-11/h2-8H,1H3. The van der Waals surface area contributed by atoms with Crippen LogP contribution in [0.25, 0.3) is 10.8 Å². The van der Waals surface area contributed by atoms with Crippen molar-refractivity contribution in [2.45, 2.75) is 0 Å². The maximum Gasteiger partial charge on any atom is 0.0577 e. The molecule has 0 N–H and O–H groups in total. The summed E-state index contributed by atoms with van der Waals surface area (Å²) in [4.78, 5) is 0. The molecular weight excluding hydrogens is 146 g/mol. The van der Waals surface area contributed by atoms with Gasteiger partial charge in [0.15, 0.2) is 0 Å². The highest BCUT2D eigenvalue weighted by atomic mass is 14.8. The van der Waals surface area contributed by atoms with Gasteiger partial charge in [-0.25, -0.2) is 0 Å². The first kappa shape index (κ1) is 7.17. The van der Waals surface area contributed by atoms with E-state index in [0.29, 0.717) is 0 Å². The quantitative estimate of drug-likeness (QED) is 0.602. The Kier molecular flexibility index (Phi) is 1.71. The fourth-order valence-corrected chi connectivity index (χ4v) is 1.32. The Labute approximate surface area is 72.0 Å². The minimum atomic E-state index is 1.04. The zero-order valence-corrected chi connectivity index (χ0v) is 6.99. The Morgan fingerprint density at radius 1 is 0.917 bits per heavy atom. The van der Waals surface area contributed by atoms with E-state index in [1.807, 2.05) is 25.2 Å². The molecular formula is C11H10N. The van der Waals surface area contributed by atoms with E-state index in [4.69, 9.17) is 0 Å². The van der Waals surface area contributed by atoms with Crippen molar-refractivity contribution in [2.75, 3.05) is 7.05 Å². The summed E-state index contributed by atoms with van der Waals surface area (Å²) in [6.07, 6.45) is 0. The van der Waals surface area contributed by atoms with Gasteiger partial charge in [-0.2, -0.15) is 0 Å². The van der Waals surface area contributed by atoms with Crippen LogP contribution in [0.5, 0.6) is 0 Å². The minimum Gasteiger partial charge on any atom is -0.289 e. The van der Waals surface area contributed by atoms with E-state index in [1.165, 1.54) is 10.8 Å². The second kappa shape index (κ2) is 2.86. The lowest BCUT2D eigenvalue weighted by molar-refractivity contribution is 1.09. The minimum absolute atomic E-state index is 1.04. The Morgan fingerprint density at radius 3 is 2.42 bits per heavy atom. The normalized spacial score (nSPS) is 10.1. The molecule has 2 aromatic rings. The topological polar surface area (TPSA) is 14.1 Å². The molecule has 0 unspecified atom stereocenters. The zero-order chi connectivity index (χ0) is 8.39. The zero-order valence-electron chi connectivity index (χ0n) is 6.99. The molecule has 0 amide bonds. The average molecular weight is 156 g/mol. The van der Waals surface area contributed by atoms with E-state index in [2.05, 4.69) is 29.6 Å². The maximum absolute atomic E-state index is 4.12. The molecule has 0 spiro atoms. The molecule has 59 valence electrons. The number of nitrogens with zero attached hydrogens (tertiary/aromatic N) is 1. The van der Waals surface area contributed by atoms with Crippen LogP contribution in [-0.4, -0.2) is 7.05 Å². The van der Waals surface area contributed by atoms with Gasteiger partial charge in [-0.3, -0.25) is 5.32 Å². The molecule has 0 aromatic heterocycles. The highest BCUT2D eigenvalue weighted by Gasteiger charge is 1.92. The fourth-order valence-electron chi connectivity index (χ4n) is 1.32. The summed E-state index contributed by atoms with van der Waals surface area (Å²) in [7, 11) is 1.81. The van der Waals surface area contributed by atoms with Crippen LogP contribution >= 0.6 is 0 Å². The Balaban J connectivity index is 2.67. The Bertz CT molecular complexity index is 393. The molecule has 0 aliphatic heterocycles. The van der Waals surface area contributed by atoms with Gasteiger partial charge in [0, 0.05) is 7.05 Å². The van der Waals surface area contributed by atoms with E-state index in [-0.39, 0.29) is 0 Å². The van der Waals surface area contributed by atoms with Gasteiger partial charge in [0.2, 0.25) is 0 Å². The van der Waals surface area contributed by atoms with Crippen LogP contribution in [0.2, 0.25) is 0 Å². The predicted molar refractivity (Wildman–Crippen MR) is 51.7 cm³/mol. The van der Waals surface area contributed by atoms with Crippen molar-refractivity contribution in [3.05, 3.63) is 42.5 Å². The van der Waals surface area contributed by atoms with Crippen molar-refractivity contribution in [1.82, 2.24) is 5.32 Å². The van der Waals surface area contributed by atoms with Gasteiger partial charge in [0.05, 0.1) is 5.69 Å². The molecule has 0 saturated carbocycles. The number of hydrogen-bond acceptors (Lipinski definition) is 0. The van der Waals surface area contributed by atoms with Gasteiger partial charge in [-0.1, -0.05) is 30.3 Å². The number of fused-ring (bicyclic) bond motifs is 1.